The van der Waals surface area contributed by atoms with Crippen molar-refractivity contribution in [3.05, 3.63) is 53.3 Å². The lowest BCUT2D eigenvalue weighted by Crippen LogP contribution is -2.32. The van der Waals surface area contributed by atoms with Crippen LogP contribution in [0.4, 0.5) is 15.9 Å². The minimum Gasteiger partial charge on any atom is -0.361 e. The van der Waals surface area contributed by atoms with Crippen LogP contribution >= 0.6 is 0 Å². The van der Waals surface area contributed by atoms with E-state index in [-0.39, 0.29) is 11.8 Å². The van der Waals surface area contributed by atoms with Crippen molar-refractivity contribution in [1.82, 2.24) is 14.6 Å². The number of aromatic nitrogens is 3. The molecule has 144 valence electrons. The third-order valence-electron chi connectivity index (χ3n) is 5.40. The molecule has 0 unspecified atom stereocenters. The van der Waals surface area contributed by atoms with Crippen molar-refractivity contribution in [1.29, 1.82) is 0 Å². The van der Waals surface area contributed by atoms with Crippen LogP contribution in [-0.4, -0.2) is 20.5 Å². The predicted molar refractivity (Wildman–Crippen MR) is 105 cm³/mol. The summed E-state index contributed by atoms with van der Waals surface area (Å²) in [7, 11) is 0. The number of alkyl halides is 1. The van der Waals surface area contributed by atoms with Crippen LogP contribution in [0.3, 0.4) is 0 Å². The monoisotopic (exact) mass is 379 g/mol. The first-order chi connectivity index (χ1) is 13.4. The van der Waals surface area contributed by atoms with E-state index in [1.807, 2.05) is 30.3 Å². The fourth-order valence-electron chi connectivity index (χ4n) is 3.54. The van der Waals surface area contributed by atoms with Gasteiger partial charge < -0.3 is 10.2 Å². The molecule has 0 radical (unpaired) electrons. The lowest BCUT2D eigenvalue weighted by Gasteiger charge is -2.37. The van der Waals surface area contributed by atoms with Crippen LogP contribution in [-0.2, 0) is 23.6 Å². The Bertz CT molecular complexity index is 1080. The van der Waals surface area contributed by atoms with Crippen molar-refractivity contribution >= 4 is 23.1 Å². The molecule has 3 heterocycles. The van der Waals surface area contributed by atoms with Gasteiger partial charge in [-0.15, -0.1) is 0 Å². The Hall–Kier alpha value is -2.96. The van der Waals surface area contributed by atoms with Gasteiger partial charge in [0.15, 0.2) is 11.5 Å². The molecular formula is C21H22FN5O. The van der Waals surface area contributed by atoms with E-state index in [1.165, 1.54) is 5.56 Å². The zero-order chi connectivity index (χ0) is 19.5. The Morgan fingerprint density at radius 1 is 1.29 bits per heavy atom. The lowest BCUT2D eigenvalue weighted by molar-refractivity contribution is -0.117. The average molecular weight is 379 g/mol. The first-order valence-electron chi connectivity index (χ1n) is 9.60. The molecule has 7 heteroatoms. The molecular weight excluding hydrogens is 357 g/mol. The molecule has 0 spiro atoms. The van der Waals surface area contributed by atoms with Gasteiger partial charge in [-0.25, -0.2) is 13.9 Å². The van der Waals surface area contributed by atoms with Crippen LogP contribution in [0.15, 0.2) is 36.5 Å². The molecule has 1 aromatic carbocycles. The Morgan fingerprint density at radius 2 is 2.11 bits per heavy atom. The quantitative estimate of drug-likeness (QED) is 0.732. The number of rotatable bonds is 5. The number of carbonyl (C=O) groups is 1. The second-order valence-electron chi connectivity index (χ2n) is 8.19. The number of amides is 1. The van der Waals surface area contributed by atoms with Gasteiger partial charge in [-0.2, -0.15) is 5.10 Å². The number of imidazole rings is 1. The van der Waals surface area contributed by atoms with E-state index in [9.17, 15) is 9.18 Å². The van der Waals surface area contributed by atoms with Crippen LogP contribution in [0.1, 0.15) is 43.5 Å². The van der Waals surface area contributed by atoms with Gasteiger partial charge >= 0.3 is 0 Å². The maximum Gasteiger partial charge on any atom is 0.228 e. The zero-order valence-corrected chi connectivity index (χ0v) is 15.9. The van der Waals surface area contributed by atoms with Gasteiger partial charge in [-0.3, -0.25) is 4.79 Å². The molecule has 1 aliphatic carbocycles. The van der Waals surface area contributed by atoms with Crippen LogP contribution in [0.25, 0.3) is 5.65 Å². The van der Waals surface area contributed by atoms with Crippen LogP contribution < -0.4 is 10.2 Å². The fraction of sp³-hybridized carbons (Fsp3) is 0.381. The summed E-state index contributed by atoms with van der Waals surface area (Å²) in [6, 6.07) is 9.64. The number of nitrogens with zero attached hydrogens (tertiary/aromatic N) is 4. The zero-order valence-electron chi connectivity index (χ0n) is 15.9. The van der Waals surface area contributed by atoms with E-state index in [4.69, 9.17) is 0 Å². The highest BCUT2D eigenvalue weighted by molar-refractivity contribution is 5.93. The summed E-state index contributed by atoms with van der Waals surface area (Å²) in [6.45, 7) is 4.62. The smallest absolute Gasteiger partial charge is 0.228 e. The van der Waals surface area contributed by atoms with Gasteiger partial charge in [0.1, 0.15) is 5.67 Å². The third kappa shape index (κ3) is 3.10. The highest BCUT2D eigenvalue weighted by atomic mass is 19.1. The first-order valence-corrected chi connectivity index (χ1v) is 9.60. The lowest BCUT2D eigenvalue weighted by atomic mass is 9.93. The highest BCUT2D eigenvalue weighted by Crippen LogP contribution is 2.38. The number of hydrogen-bond donors (Lipinski definition) is 1. The van der Waals surface area contributed by atoms with Crippen LogP contribution in [0.5, 0.6) is 0 Å². The molecule has 1 amide bonds. The van der Waals surface area contributed by atoms with Gasteiger partial charge in [0, 0.05) is 18.2 Å². The summed E-state index contributed by atoms with van der Waals surface area (Å²) in [5, 5.41) is 7.47. The summed E-state index contributed by atoms with van der Waals surface area (Å²) >= 11 is 0. The molecule has 6 nitrogen and oxygen atoms in total. The Morgan fingerprint density at radius 3 is 2.86 bits per heavy atom. The van der Waals surface area contributed by atoms with Crippen molar-refractivity contribution in [3.63, 3.8) is 0 Å². The third-order valence-corrected chi connectivity index (χ3v) is 5.40. The molecule has 2 aliphatic rings. The minimum absolute atomic E-state index is 0.0346. The number of benzene rings is 1. The van der Waals surface area contributed by atoms with Gasteiger partial charge in [0.2, 0.25) is 5.91 Å². The van der Waals surface area contributed by atoms with Crippen molar-refractivity contribution < 1.29 is 9.18 Å². The van der Waals surface area contributed by atoms with Gasteiger partial charge in [-0.1, -0.05) is 12.1 Å². The molecule has 5 rings (SSSR count). The number of hydrogen-bond acceptors (Lipinski definition) is 4. The molecule has 3 aromatic rings. The molecule has 1 aliphatic heterocycles. The molecule has 2 aromatic heterocycles. The van der Waals surface area contributed by atoms with E-state index in [0.717, 1.165) is 30.8 Å². The average Bonchev–Trinajstić information content (AvgIpc) is 3.39. The Kier molecular flexibility index (Phi) is 3.69. The van der Waals surface area contributed by atoms with Gasteiger partial charge in [0.05, 0.1) is 18.4 Å². The number of anilines is 2. The van der Waals surface area contributed by atoms with Crippen LogP contribution in [0, 0.1) is 5.92 Å². The van der Waals surface area contributed by atoms with E-state index in [1.54, 1.807) is 24.6 Å². The standard InChI is InChI=1S/C21H22FN5O/c1-21(2,22)15-6-5-14-10-26(17(14)9-15)11-16-7-8-19-23-18(12-27(19)25-16)24-20(28)13-3-4-13/h5-9,12-13H,3-4,10-11H2,1-2H3,(H,24,28). The second-order valence-corrected chi connectivity index (χ2v) is 8.19. The topological polar surface area (TPSA) is 62.5 Å². The van der Waals surface area contributed by atoms with Crippen LogP contribution in [0.2, 0.25) is 0 Å². The number of carbonyl (C=O) groups excluding carboxylic acids is 1. The first kappa shape index (κ1) is 17.2. The molecule has 1 fully saturated rings. The predicted octanol–water partition coefficient (Wildman–Crippen LogP) is 3.80. The number of nitrogens with one attached hydrogen (secondary N) is 1. The fourth-order valence-corrected chi connectivity index (χ4v) is 3.54. The minimum atomic E-state index is -1.36. The molecule has 0 atom stereocenters. The van der Waals surface area contributed by atoms with Crippen molar-refractivity contribution in [3.8, 4) is 0 Å². The molecule has 0 saturated heterocycles. The van der Waals surface area contributed by atoms with E-state index in [0.29, 0.717) is 23.6 Å². The summed E-state index contributed by atoms with van der Waals surface area (Å²) in [6.07, 6.45) is 3.66. The van der Waals surface area contributed by atoms with E-state index in [2.05, 4.69) is 20.3 Å². The maximum atomic E-state index is 14.3. The molecule has 1 N–H and O–H groups in total. The summed E-state index contributed by atoms with van der Waals surface area (Å²) < 4.78 is 16.0. The normalized spacial score (nSPS) is 16.0. The Balaban J connectivity index is 1.34. The largest absolute Gasteiger partial charge is 0.361 e. The SMILES string of the molecule is CC(C)(F)c1ccc2c(c1)N(Cc1ccc3nc(NC(=O)C4CC4)cn3n1)C2. The van der Waals surface area contributed by atoms with Crippen molar-refractivity contribution in [2.45, 2.75) is 45.4 Å². The van der Waals surface area contributed by atoms with Crippen molar-refractivity contribution in [2.75, 3.05) is 10.2 Å². The summed E-state index contributed by atoms with van der Waals surface area (Å²) in [5.74, 6) is 0.706. The second kappa shape index (κ2) is 6.02. The van der Waals surface area contributed by atoms with Gasteiger partial charge in [0.25, 0.3) is 0 Å². The number of fused-ring (bicyclic) bond motifs is 2. The molecule has 1 saturated carbocycles. The molecule has 0 bridgehead atoms. The Labute approximate surface area is 162 Å². The molecule has 28 heavy (non-hydrogen) atoms. The highest BCUT2D eigenvalue weighted by Gasteiger charge is 2.30. The van der Waals surface area contributed by atoms with Crippen molar-refractivity contribution in [2.24, 2.45) is 5.92 Å². The van der Waals surface area contributed by atoms with E-state index < -0.39 is 5.67 Å². The number of halogens is 1. The summed E-state index contributed by atoms with van der Waals surface area (Å²) in [5.41, 5.74) is 3.20. The van der Waals surface area contributed by atoms with Gasteiger partial charge in [-0.05, 0) is 56.0 Å². The maximum absolute atomic E-state index is 14.3. The van der Waals surface area contributed by atoms with E-state index >= 15 is 0 Å². The summed E-state index contributed by atoms with van der Waals surface area (Å²) in [4.78, 5) is 18.5.